The second-order valence-electron chi connectivity index (χ2n) is 7.87. The average molecular weight is 470 g/mol. The highest BCUT2D eigenvalue weighted by molar-refractivity contribution is 7.77. The Hall–Kier alpha value is -1.77. The lowest BCUT2D eigenvalue weighted by atomic mass is 10.1. The van der Waals surface area contributed by atoms with Crippen LogP contribution >= 0.6 is 11.6 Å². The maximum Gasteiger partial charge on any atom is 0.336 e. The van der Waals surface area contributed by atoms with Gasteiger partial charge in [-0.3, -0.25) is 13.4 Å². The van der Waals surface area contributed by atoms with Crippen LogP contribution in [0.3, 0.4) is 0 Å². The Balaban J connectivity index is 2.03. The number of hydrogen-bond donors (Lipinski definition) is 0. The molecule has 1 aromatic rings. The first-order valence-electron chi connectivity index (χ1n) is 10.9. The number of carbonyl (C=O) groups is 1. The summed E-state index contributed by atoms with van der Waals surface area (Å²) in [6, 6.07) is 5.50. The maximum atomic E-state index is 12.8. The van der Waals surface area contributed by atoms with Crippen LogP contribution in [-0.4, -0.2) is 55.2 Å². The fourth-order valence-electron chi connectivity index (χ4n) is 3.47. The third-order valence-corrected chi connectivity index (χ3v) is 6.61. The third-order valence-electron chi connectivity index (χ3n) is 5.56. The van der Waals surface area contributed by atoms with Crippen molar-refractivity contribution in [2.24, 2.45) is 0 Å². The molecule has 0 bridgehead atoms. The minimum atomic E-state index is -2.60. The van der Waals surface area contributed by atoms with Gasteiger partial charge in [0.05, 0.1) is 11.3 Å². The molecule has 0 fully saturated rings. The number of urea groups is 1. The summed E-state index contributed by atoms with van der Waals surface area (Å²) in [5, 5.41) is 0.674. The number of amides is 2. The fraction of sp³-hybridized carbons (Fsp3) is 0.591. The van der Waals surface area contributed by atoms with E-state index in [0.29, 0.717) is 18.0 Å². The smallest absolute Gasteiger partial charge is 0.336 e. The molecule has 0 aliphatic carbocycles. The van der Waals surface area contributed by atoms with Gasteiger partial charge in [0.2, 0.25) is 0 Å². The van der Waals surface area contributed by atoms with Gasteiger partial charge in [0, 0.05) is 49.8 Å². The Kier molecular flexibility index (Phi) is 10.1. The van der Waals surface area contributed by atoms with Crippen molar-refractivity contribution in [3.8, 4) is 0 Å². The highest BCUT2D eigenvalue weighted by Gasteiger charge is 2.31. The summed E-state index contributed by atoms with van der Waals surface area (Å²) in [7, 11) is 2.06. The summed E-state index contributed by atoms with van der Waals surface area (Å²) in [5.41, 5.74) is 2.02. The molecule has 2 amide bonds. The van der Waals surface area contributed by atoms with Crippen molar-refractivity contribution in [1.82, 2.24) is 14.1 Å². The van der Waals surface area contributed by atoms with Gasteiger partial charge in [0.1, 0.15) is 6.17 Å². The second-order valence-corrected chi connectivity index (χ2v) is 9.15. The van der Waals surface area contributed by atoms with E-state index in [1.54, 1.807) is 12.4 Å². The average Bonchev–Trinajstić information content (AvgIpc) is 3.10. The van der Waals surface area contributed by atoms with E-state index in [1.165, 1.54) is 4.90 Å². The molecule has 2 rings (SSSR count). The zero-order valence-corrected chi connectivity index (χ0v) is 20.5. The standard InChI is InChI=1S/C22H35ClN4O3S/c1-5-7-9-13-27(31(29)30)22(28)26-15-14-25(18(26)3)17-19-10-11-20(16-21(19)23)24(4)12-8-6-2/h10-11,14-16,18H,5-9,12-13,17H2,1-4H3,(H,29,30)/p-1. The van der Waals surface area contributed by atoms with Gasteiger partial charge in [-0.05, 0) is 37.5 Å². The fourth-order valence-corrected chi connectivity index (χ4v) is 4.20. The van der Waals surface area contributed by atoms with Crippen molar-refractivity contribution in [3.63, 3.8) is 0 Å². The van der Waals surface area contributed by atoms with Crippen LogP contribution in [0.1, 0.15) is 58.4 Å². The van der Waals surface area contributed by atoms with E-state index in [4.69, 9.17) is 11.6 Å². The van der Waals surface area contributed by atoms with Crippen molar-refractivity contribution in [2.75, 3.05) is 25.0 Å². The number of rotatable bonds is 11. The van der Waals surface area contributed by atoms with E-state index < -0.39 is 17.3 Å². The molecular formula is C22H34ClN4O3S-. The van der Waals surface area contributed by atoms with E-state index in [0.717, 1.165) is 47.8 Å². The van der Waals surface area contributed by atoms with E-state index in [1.807, 2.05) is 30.9 Å². The number of nitrogens with zero attached hydrogens (tertiary/aromatic N) is 4. The quantitative estimate of drug-likeness (QED) is 0.340. The van der Waals surface area contributed by atoms with E-state index >= 15 is 0 Å². The zero-order valence-electron chi connectivity index (χ0n) is 18.9. The topological polar surface area (TPSA) is 70.2 Å². The first-order valence-corrected chi connectivity index (χ1v) is 12.3. The molecule has 1 aliphatic heterocycles. The summed E-state index contributed by atoms with van der Waals surface area (Å²) in [6.45, 7) is 7.77. The van der Waals surface area contributed by atoms with E-state index in [9.17, 15) is 13.6 Å². The summed E-state index contributed by atoms with van der Waals surface area (Å²) in [6.07, 6.45) is 7.87. The molecule has 0 radical (unpaired) electrons. The van der Waals surface area contributed by atoms with Gasteiger partial charge >= 0.3 is 6.03 Å². The molecule has 7 nitrogen and oxygen atoms in total. The molecule has 2 atom stereocenters. The van der Waals surface area contributed by atoms with Crippen molar-refractivity contribution < 1.29 is 13.6 Å². The SMILES string of the molecule is CCCCCN(C(=O)N1C=CN(Cc2ccc(N(C)CCCC)cc2Cl)C1C)S(=O)[O-]. The highest BCUT2D eigenvalue weighted by atomic mass is 35.5. The highest BCUT2D eigenvalue weighted by Crippen LogP contribution is 2.27. The summed E-state index contributed by atoms with van der Waals surface area (Å²) < 4.78 is 24.1. The molecule has 1 heterocycles. The van der Waals surface area contributed by atoms with Gasteiger partial charge in [0.15, 0.2) is 0 Å². The molecule has 2 unspecified atom stereocenters. The molecule has 0 saturated carbocycles. The van der Waals surface area contributed by atoms with Crippen LogP contribution in [0.25, 0.3) is 0 Å². The van der Waals surface area contributed by atoms with Gasteiger partial charge in [0.25, 0.3) is 0 Å². The lowest BCUT2D eigenvalue weighted by Gasteiger charge is -2.33. The molecule has 0 N–H and O–H groups in total. The molecule has 31 heavy (non-hydrogen) atoms. The van der Waals surface area contributed by atoms with Crippen molar-refractivity contribution in [2.45, 2.75) is 65.6 Å². The van der Waals surface area contributed by atoms with Gasteiger partial charge in [-0.2, -0.15) is 0 Å². The monoisotopic (exact) mass is 469 g/mol. The van der Waals surface area contributed by atoms with Crippen molar-refractivity contribution in [1.29, 1.82) is 0 Å². The number of benzene rings is 1. The van der Waals surface area contributed by atoms with E-state index in [2.05, 4.69) is 24.9 Å². The van der Waals surface area contributed by atoms with E-state index in [-0.39, 0.29) is 12.7 Å². The summed E-state index contributed by atoms with van der Waals surface area (Å²) in [5.74, 6) is 0. The van der Waals surface area contributed by atoms with Crippen LogP contribution in [0.5, 0.6) is 0 Å². The van der Waals surface area contributed by atoms with Gasteiger partial charge < -0.3 is 14.4 Å². The number of anilines is 1. The van der Waals surface area contributed by atoms with Crippen molar-refractivity contribution in [3.05, 3.63) is 41.2 Å². The van der Waals surface area contributed by atoms with Gasteiger partial charge in [-0.15, -0.1) is 0 Å². The number of halogens is 1. The minimum absolute atomic E-state index is 0.193. The third kappa shape index (κ3) is 6.85. The molecule has 1 aromatic carbocycles. The second kappa shape index (κ2) is 12.3. The first kappa shape index (κ1) is 25.5. The van der Waals surface area contributed by atoms with Crippen LogP contribution in [0, 0.1) is 0 Å². The minimum Gasteiger partial charge on any atom is -0.755 e. The first-order chi connectivity index (χ1) is 14.8. The van der Waals surface area contributed by atoms with Crippen LogP contribution in [-0.2, 0) is 17.8 Å². The largest absolute Gasteiger partial charge is 0.755 e. The molecular weight excluding hydrogens is 436 g/mol. The molecule has 0 aromatic heterocycles. The van der Waals surface area contributed by atoms with Crippen LogP contribution < -0.4 is 4.90 Å². The number of hydrogen-bond acceptors (Lipinski definition) is 5. The maximum absolute atomic E-state index is 12.8. The lowest BCUT2D eigenvalue weighted by molar-refractivity contribution is 0.145. The zero-order chi connectivity index (χ0) is 23.0. The molecule has 0 spiro atoms. The summed E-state index contributed by atoms with van der Waals surface area (Å²) in [4.78, 5) is 18.4. The Morgan fingerprint density at radius 2 is 1.87 bits per heavy atom. The normalized spacial score (nSPS) is 16.6. The predicted molar refractivity (Wildman–Crippen MR) is 126 cm³/mol. The van der Waals surface area contributed by atoms with Gasteiger partial charge in [-0.1, -0.05) is 50.8 Å². The molecule has 174 valence electrons. The number of unbranched alkanes of at least 4 members (excludes halogenated alkanes) is 3. The summed E-state index contributed by atoms with van der Waals surface area (Å²) >= 11 is 3.95. The van der Waals surface area contributed by atoms with Crippen LogP contribution in [0.2, 0.25) is 5.02 Å². The van der Waals surface area contributed by atoms with Crippen molar-refractivity contribution >= 4 is 34.6 Å². The lowest BCUT2D eigenvalue weighted by Crippen LogP contribution is -2.47. The Bertz CT molecular complexity index is 792. The Morgan fingerprint density at radius 1 is 1.16 bits per heavy atom. The molecule has 0 saturated heterocycles. The van der Waals surface area contributed by atoms with Crippen LogP contribution in [0.4, 0.5) is 10.5 Å². The predicted octanol–water partition coefficient (Wildman–Crippen LogP) is 4.92. The Morgan fingerprint density at radius 3 is 2.48 bits per heavy atom. The van der Waals surface area contributed by atoms with Crippen LogP contribution in [0.15, 0.2) is 30.6 Å². The Labute approximate surface area is 194 Å². The molecule has 9 heteroatoms. The number of carbonyl (C=O) groups excluding carboxylic acids is 1. The molecule has 1 aliphatic rings. The van der Waals surface area contributed by atoms with Gasteiger partial charge in [-0.25, -0.2) is 4.79 Å².